The van der Waals surface area contributed by atoms with Crippen molar-refractivity contribution in [2.24, 2.45) is 11.0 Å². The normalized spacial score (nSPS) is 15.9. The van der Waals surface area contributed by atoms with Crippen LogP contribution in [0.2, 0.25) is 0 Å². The van der Waals surface area contributed by atoms with Crippen LogP contribution in [-0.4, -0.2) is 52.2 Å². The Labute approximate surface area is 189 Å². The highest BCUT2D eigenvalue weighted by molar-refractivity contribution is 6.18. The van der Waals surface area contributed by atoms with Gasteiger partial charge in [-0.05, 0) is 36.5 Å². The first-order valence-corrected chi connectivity index (χ1v) is 10.9. The second kappa shape index (κ2) is 8.42. The lowest BCUT2D eigenvalue weighted by molar-refractivity contribution is -0.117. The molecule has 9 heteroatoms. The Hall–Kier alpha value is -4.14. The molecule has 1 saturated heterocycles. The molecule has 1 fully saturated rings. The van der Waals surface area contributed by atoms with Crippen molar-refractivity contribution in [3.63, 3.8) is 0 Å². The van der Waals surface area contributed by atoms with Gasteiger partial charge in [0.25, 0.3) is 5.91 Å². The summed E-state index contributed by atoms with van der Waals surface area (Å²) < 4.78 is 0. The number of hydrogen-bond acceptors (Lipinski definition) is 4. The molecule has 168 valence electrons. The first kappa shape index (κ1) is 20.7. The predicted molar refractivity (Wildman–Crippen MR) is 124 cm³/mol. The summed E-state index contributed by atoms with van der Waals surface area (Å²) in [5.41, 5.74) is 6.84. The van der Waals surface area contributed by atoms with Crippen molar-refractivity contribution in [2.45, 2.75) is 19.3 Å². The van der Waals surface area contributed by atoms with E-state index < -0.39 is 6.09 Å². The molecule has 2 aliphatic rings. The molecule has 0 spiro atoms. The van der Waals surface area contributed by atoms with Crippen LogP contribution >= 0.6 is 0 Å². The minimum atomic E-state index is -0.918. The maximum atomic E-state index is 12.7. The van der Waals surface area contributed by atoms with Gasteiger partial charge in [-0.2, -0.15) is 5.10 Å². The van der Waals surface area contributed by atoms with Crippen LogP contribution in [0.3, 0.4) is 0 Å². The summed E-state index contributed by atoms with van der Waals surface area (Å²) in [5.74, 6) is -0.370. The lowest BCUT2D eigenvalue weighted by atomic mass is 9.93. The minimum Gasteiger partial charge on any atom is -0.465 e. The number of hydrogen-bond donors (Lipinski definition) is 4. The zero-order valence-corrected chi connectivity index (χ0v) is 17.8. The number of aromatic nitrogens is 1. The van der Waals surface area contributed by atoms with Gasteiger partial charge in [0, 0.05) is 41.7 Å². The van der Waals surface area contributed by atoms with Crippen molar-refractivity contribution in [3.05, 3.63) is 53.6 Å². The van der Waals surface area contributed by atoms with Crippen molar-refractivity contribution >= 4 is 40.7 Å². The van der Waals surface area contributed by atoms with Crippen LogP contribution in [0.4, 0.5) is 10.5 Å². The van der Waals surface area contributed by atoms with E-state index in [0.717, 1.165) is 27.7 Å². The maximum Gasteiger partial charge on any atom is 0.407 e. The Morgan fingerprint density at radius 2 is 1.91 bits per heavy atom. The largest absolute Gasteiger partial charge is 0.465 e. The van der Waals surface area contributed by atoms with Gasteiger partial charge in [0.15, 0.2) is 0 Å². The molecule has 2 aromatic carbocycles. The number of H-pyrrole nitrogens is 1. The highest BCUT2D eigenvalue weighted by Gasteiger charge is 2.25. The molecule has 1 aromatic heterocycles. The van der Waals surface area contributed by atoms with Gasteiger partial charge in [0.05, 0.1) is 17.5 Å². The number of hydrazone groups is 1. The van der Waals surface area contributed by atoms with Crippen LogP contribution in [0.5, 0.6) is 0 Å². The van der Waals surface area contributed by atoms with Crippen molar-refractivity contribution in [2.75, 3.05) is 18.4 Å². The number of amides is 3. The van der Waals surface area contributed by atoms with Crippen LogP contribution in [0.15, 0.2) is 47.6 Å². The van der Waals surface area contributed by atoms with Crippen LogP contribution in [0, 0.1) is 5.92 Å². The summed E-state index contributed by atoms with van der Waals surface area (Å²) >= 11 is 0. The van der Waals surface area contributed by atoms with E-state index in [1.165, 1.54) is 4.90 Å². The van der Waals surface area contributed by atoms with Crippen LogP contribution < -0.4 is 10.7 Å². The number of carbonyl (C=O) groups is 3. The van der Waals surface area contributed by atoms with E-state index in [1.807, 2.05) is 36.4 Å². The summed E-state index contributed by atoms with van der Waals surface area (Å²) in [4.78, 5) is 41.2. The Balaban J connectivity index is 1.41. The fraction of sp³-hybridized carbons (Fsp3) is 0.250. The standard InChI is InChI=1S/C24H23N5O4/c30-20(10-14-6-8-29(9-7-14)24(32)33)26-16-11-17-21-18(13-25-28-23(17)31)22(27-19(21)12-16)15-4-2-1-3-5-15/h1-5,11-14,27H,6-10H2,(H,26,30)(H,28,31)(H,32,33). The number of nitrogens with one attached hydrogen (secondary N) is 3. The summed E-state index contributed by atoms with van der Waals surface area (Å²) in [6.07, 6.45) is 2.34. The molecule has 3 aromatic rings. The third-order valence-electron chi connectivity index (χ3n) is 6.25. The van der Waals surface area contributed by atoms with Crippen molar-refractivity contribution < 1.29 is 19.5 Å². The van der Waals surface area contributed by atoms with Crippen LogP contribution in [0.1, 0.15) is 35.2 Å². The molecule has 0 radical (unpaired) electrons. The Morgan fingerprint density at radius 3 is 2.64 bits per heavy atom. The number of aromatic amines is 1. The number of rotatable bonds is 4. The summed E-state index contributed by atoms with van der Waals surface area (Å²) in [6.45, 7) is 0.883. The molecule has 5 rings (SSSR count). The molecular weight excluding hydrogens is 422 g/mol. The van der Waals surface area contributed by atoms with Gasteiger partial charge in [0.2, 0.25) is 5.91 Å². The third-order valence-corrected chi connectivity index (χ3v) is 6.25. The molecule has 3 heterocycles. The first-order valence-electron chi connectivity index (χ1n) is 10.9. The van der Waals surface area contributed by atoms with Gasteiger partial charge >= 0.3 is 6.09 Å². The summed E-state index contributed by atoms with van der Waals surface area (Å²) in [6, 6.07) is 13.3. The fourth-order valence-corrected chi connectivity index (χ4v) is 4.59. The molecular formula is C24H23N5O4. The van der Waals surface area contributed by atoms with E-state index in [-0.39, 0.29) is 17.7 Å². The van der Waals surface area contributed by atoms with E-state index in [2.05, 4.69) is 20.8 Å². The number of likely N-dealkylation sites (tertiary alicyclic amines) is 1. The Morgan fingerprint density at radius 1 is 1.15 bits per heavy atom. The van der Waals surface area contributed by atoms with Crippen LogP contribution in [-0.2, 0) is 4.79 Å². The topological polar surface area (TPSA) is 127 Å². The molecule has 33 heavy (non-hydrogen) atoms. The SMILES string of the molecule is O=C(CC1CCN(C(=O)O)CC1)Nc1cc2c3c(c(-c4ccccc4)[nH]c3c1)C=NNC2=O. The number of anilines is 1. The van der Waals surface area contributed by atoms with E-state index in [4.69, 9.17) is 5.11 Å². The smallest absolute Gasteiger partial charge is 0.407 e. The molecule has 4 N–H and O–H groups in total. The number of benzene rings is 2. The Kier molecular flexibility index (Phi) is 5.29. The van der Waals surface area contributed by atoms with Gasteiger partial charge in [-0.3, -0.25) is 9.59 Å². The van der Waals surface area contributed by atoms with Crippen molar-refractivity contribution in [1.82, 2.24) is 15.3 Å². The molecule has 3 amide bonds. The molecule has 2 aliphatic heterocycles. The van der Waals surface area contributed by atoms with Gasteiger partial charge < -0.3 is 20.3 Å². The minimum absolute atomic E-state index is 0.129. The van der Waals surface area contributed by atoms with Gasteiger partial charge in [-0.15, -0.1) is 0 Å². The van der Waals surface area contributed by atoms with Crippen molar-refractivity contribution in [3.8, 4) is 11.3 Å². The first-order chi connectivity index (χ1) is 16.0. The zero-order valence-electron chi connectivity index (χ0n) is 17.8. The van der Waals surface area contributed by atoms with E-state index >= 15 is 0 Å². The van der Waals surface area contributed by atoms with E-state index in [0.29, 0.717) is 43.6 Å². The van der Waals surface area contributed by atoms with Crippen LogP contribution in [0.25, 0.3) is 22.2 Å². The summed E-state index contributed by atoms with van der Waals surface area (Å²) in [5, 5.41) is 16.8. The molecule has 0 atom stereocenters. The number of carbonyl (C=O) groups excluding carboxylic acids is 2. The number of piperidine rings is 1. The van der Waals surface area contributed by atoms with Crippen molar-refractivity contribution in [1.29, 1.82) is 0 Å². The highest BCUT2D eigenvalue weighted by Crippen LogP contribution is 2.34. The number of carboxylic acid groups (broad SMARTS) is 1. The third kappa shape index (κ3) is 4.05. The fourth-order valence-electron chi connectivity index (χ4n) is 4.59. The monoisotopic (exact) mass is 445 g/mol. The highest BCUT2D eigenvalue weighted by atomic mass is 16.4. The molecule has 0 aliphatic carbocycles. The average Bonchev–Trinajstić information content (AvgIpc) is 3.08. The molecule has 0 saturated carbocycles. The molecule has 0 bridgehead atoms. The number of nitrogens with zero attached hydrogens (tertiary/aromatic N) is 2. The Bertz CT molecular complexity index is 1270. The average molecular weight is 445 g/mol. The van der Waals surface area contributed by atoms with E-state index in [1.54, 1.807) is 12.3 Å². The van der Waals surface area contributed by atoms with Gasteiger partial charge in [-0.25, -0.2) is 10.2 Å². The van der Waals surface area contributed by atoms with E-state index in [9.17, 15) is 14.4 Å². The summed E-state index contributed by atoms with van der Waals surface area (Å²) in [7, 11) is 0. The predicted octanol–water partition coefficient (Wildman–Crippen LogP) is 3.63. The quantitative estimate of drug-likeness (QED) is 0.489. The second-order valence-electron chi connectivity index (χ2n) is 8.39. The zero-order chi connectivity index (χ0) is 22.9. The molecule has 9 nitrogen and oxygen atoms in total. The van der Waals surface area contributed by atoms with Gasteiger partial charge in [0.1, 0.15) is 0 Å². The lowest BCUT2D eigenvalue weighted by Gasteiger charge is -2.29. The molecule has 0 unspecified atom stereocenters. The maximum absolute atomic E-state index is 12.7. The van der Waals surface area contributed by atoms with Gasteiger partial charge in [-0.1, -0.05) is 30.3 Å². The lowest BCUT2D eigenvalue weighted by Crippen LogP contribution is -2.38. The second-order valence-corrected chi connectivity index (χ2v) is 8.39.